The summed E-state index contributed by atoms with van der Waals surface area (Å²) in [5, 5.41) is 18.7. The quantitative estimate of drug-likeness (QED) is 0.409. The van der Waals surface area contributed by atoms with Crippen LogP contribution in [0.25, 0.3) is 0 Å². The molecule has 34 heavy (non-hydrogen) atoms. The number of halogens is 2. The van der Waals surface area contributed by atoms with Crippen LogP contribution in [0, 0.1) is 15.9 Å². The summed E-state index contributed by atoms with van der Waals surface area (Å²) in [5.41, 5.74) is 1.07. The molecule has 1 fully saturated rings. The van der Waals surface area contributed by atoms with Gasteiger partial charge in [0.15, 0.2) is 5.54 Å². The smallest absolute Gasteiger partial charge is 0.256 e. The zero-order chi connectivity index (χ0) is 24.0. The van der Waals surface area contributed by atoms with Crippen LogP contribution < -0.4 is 15.4 Å². The Morgan fingerprint density at radius 2 is 1.88 bits per heavy atom. The summed E-state index contributed by atoms with van der Waals surface area (Å²) in [5.74, 6) is -0.975. The molecule has 174 valence electrons. The van der Waals surface area contributed by atoms with E-state index in [1.165, 1.54) is 12.1 Å². The second-order valence-electron chi connectivity index (χ2n) is 8.60. The fourth-order valence-electron chi connectivity index (χ4n) is 5.14. The van der Waals surface area contributed by atoms with Gasteiger partial charge in [-0.25, -0.2) is 4.39 Å². The fourth-order valence-corrected chi connectivity index (χ4v) is 5.38. The minimum Gasteiger partial charge on any atom is -0.487 e. The van der Waals surface area contributed by atoms with Crippen molar-refractivity contribution < 1.29 is 18.8 Å². The zero-order valence-electron chi connectivity index (χ0n) is 18.1. The first kappa shape index (κ1) is 22.3. The third kappa shape index (κ3) is 3.50. The van der Waals surface area contributed by atoms with Gasteiger partial charge in [0, 0.05) is 22.2 Å². The number of carbonyl (C=O) groups excluding carboxylic acids is 1. The summed E-state index contributed by atoms with van der Waals surface area (Å²) in [4.78, 5) is 25.1. The Labute approximate surface area is 200 Å². The molecule has 1 amide bonds. The number of amides is 1. The Morgan fingerprint density at radius 3 is 2.59 bits per heavy atom. The average molecular weight is 482 g/mol. The van der Waals surface area contributed by atoms with Crippen LogP contribution in [-0.2, 0) is 16.9 Å². The highest BCUT2D eigenvalue weighted by molar-refractivity contribution is 6.32. The standard InChI is InChI=1S/C25H21ClFN3O4/c1-14-22(16-8-11-21(19(26)12-16)34-13-15-6-9-17(27)10-7-15)23(30(32)33)25(29-14)18-4-2-3-5-20(18)28-24(25)31/h2-12,14,22-23,29H,13H2,1H3,(H,28,31)/t14-,22+,23-,25-/m0/s1. The van der Waals surface area contributed by atoms with Crippen LogP contribution in [0.15, 0.2) is 66.7 Å². The van der Waals surface area contributed by atoms with Crippen molar-refractivity contribution in [2.75, 3.05) is 5.32 Å². The van der Waals surface area contributed by atoms with Crippen LogP contribution in [0.3, 0.4) is 0 Å². The van der Waals surface area contributed by atoms with E-state index in [0.29, 0.717) is 27.6 Å². The van der Waals surface area contributed by atoms with Gasteiger partial charge >= 0.3 is 0 Å². The van der Waals surface area contributed by atoms with Crippen molar-refractivity contribution >= 4 is 23.2 Å². The largest absolute Gasteiger partial charge is 0.487 e. The molecule has 1 spiro atoms. The predicted molar refractivity (Wildman–Crippen MR) is 125 cm³/mol. The summed E-state index contributed by atoms with van der Waals surface area (Å²) in [6, 6.07) is 16.4. The molecule has 0 saturated carbocycles. The lowest BCUT2D eigenvalue weighted by Gasteiger charge is -2.25. The monoisotopic (exact) mass is 481 g/mol. The Morgan fingerprint density at radius 1 is 1.15 bits per heavy atom. The van der Waals surface area contributed by atoms with E-state index in [-0.39, 0.29) is 23.4 Å². The molecule has 3 aromatic rings. The third-order valence-electron chi connectivity index (χ3n) is 6.61. The number of nitrogens with zero attached hydrogens (tertiary/aromatic N) is 1. The second kappa shape index (κ2) is 8.38. The van der Waals surface area contributed by atoms with Crippen LogP contribution in [-0.4, -0.2) is 22.9 Å². The molecule has 1 saturated heterocycles. The van der Waals surface area contributed by atoms with Crippen molar-refractivity contribution in [3.63, 3.8) is 0 Å². The van der Waals surface area contributed by atoms with Crippen LogP contribution in [0.1, 0.15) is 29.5 Å². The van der Waals surface area contributed by atoms with Crippen molar-refractivity contribution in [3.8, 4) is 5.75 Å². The summed E-state index contributed by atoms with van der Waals surface area (Å²) in [7, 11) is 0. The van der Waals surface area contributed by atoms with E-state index in [0.717, 1.165) is 5.56 Å². The summed E-state index contributed by atoms with van der Waals surface area (Å²) >= 11 is 6.48. The predicted octanol–water partition coefficient (Wildman–Crippen LogP) is 4.63. The molecule has 2 aliphatic heterocycles. The molecule has 2 heterocycles. The number of rotatable bonds is 5. The summed E-state index contributed by atoms with van der Waals surface area (Å²) < 4.78 is 18.9. The van der Waals surface area contributed by atoms with Crippen LogP contribution in [0.4, 0.5) is 10.1 Å². The SMILES string of the molecule is C[C@@H]1N[C@]2(C(=O)Nc3ccccc32)[C@@H]([N+](=O)[O-])[C@H]1c1ccc(OCc2ccc(F)cc2)c(Cl)c1. The molecule has 0 unspecified atom stereocenters. The van der Waals surface area contributed by atoms with Gasteiger partial charge in [0.2, 0.25) is 0 Å². The molecule has 4 atom stereocenters. The van der Waals surface area contributed by atoms with Gasteiger partial charge in [0.25, 0.3) is 11.9 Å². The van der Waals surface area contributed by atoms with Crippen molar-refractivity contribution in [1.29, 1.82) is 0 Å². The van der Waals surface area contributed by atoms with Gasteiger partial charge in [0.1, 0.15) is 18.2 Å². The number of benzene rings is 3. The minimum absolute atomic E-state index is 0.193. The summed E-state index contributed by atoms with van der Waals surface area (Å²) in [6.45, 7) is 2.02. The topological polar surface area (TPSA) is 93.5 Å². The number of fused-ring (bicyclic) bond motifs is 2. The lowest BCUT2D eigenvalue weighted by Crippen LogP contribution is -2.54. The van der Waals surface area contributed by atoms with Crippen LogP contribution in [0.5, 0.6) is 5.75 Å². The molecule has 9 heteroatoms. The maximum Gasteiger partial charge on any atom is 0.256 e. The Hall–Kier alpha value is -3.49. The molecular formula is C25H21ClFN3O4. The van der Waals surface area contributed by atoms with E-state index in [4.69, 9.17) is 16.3 Å². The average Bonchev–Trinajstić information content (AvgIpc) is 3.28. The number of nitro groups is 1. The lowest BCUT2D eigenvalue weighted by molar-refractivity contribution is -0.532. The van der Waals surface area contributed by atoms with E-state index in [1.54, 1.807) is 54.6 Å². The van der Waals surface area contributed by atoms with Gasteiger partial charge < -0.3 is 10.1 Å². The maximum atomic E-state index is 13.1. The van der Waals surface area contributed by atoms with Gasteiger partial charge in [-0.1, -0.05) is 48.0 Å². The molecule has 2 N–H and O–H groups in total. The Kier molecular flexibility index (Phi) is 5.50. The molecule has 3 aromatic carbocycles. The van der Waals surface area contributed by atoms with Gasteiger partial charge in [-0.2, -0.15) is 0 Å². The Bertz CT molecular complexity index is 1290. The van der Waals surface area contributed by atoms with E-state index in [9.17, 15) is 19.3 Å². The van der Waals surface area contributed by atoms with Crippen LogP contribution >= 0.6 is 11.6 Å². The maximum absolute atomic E-state index is 13.1. The fraction of sp³-hybridized carbons (Fsp3) is 0.240. The number of nitrogens with one attached hydrogen (secondary N) is 2. The van der Waals surface area contributed by atoms with E-state index in [2.05, 4.69) is 10.6 Å². The number of hydrogen-bond donors (Lipinski definition) is 2. The zero-order valence-corrected chi connectivity index (χ0v) is 18.9. The second-order valence-corrected chi connectivity index (χ2v) is 9.01. The minimum atomic E-state index is -1.48. The van der Waals surface area contributed by atoms with Crippen LogP contribution in [0.2, 0.25) is 5.02 Å². The molecule has 2 aliphatic rings. The molecule has 5 rings (SSSR count). The normalized spacial score (nSPS) is 25.3. The first-order valence-corrected chi connectivity index (χ1v) is 11.2. The Balaban J connectivity index is 1.46. The number of para-hydroxylation sites is 1. The highest BCUT2D eigenvalue weighted by Crippen LogP contribution is 2.50. The summed E-state index contributed by atoms with van der Waals surface area (Å²) in [6.07, 6.45) is 0. The first-order valence-electron chi connectivity index (χ1n) is 10.8. The molecule has 0 radical (unpaired) electrons. The van der Waals surface area contributed by atoms with Gasteiger partial charge in [-0.15, -0.1) is 0 Å². The third-order valence-corrected chi connectivity index (χ3v) is 6.91. The van der Waals surface area contributed by atoms with E-state index >= 15 is 0 Å². The van der Waals surface area contributed by atoms with Crippen molar-refractivity contribution in [3.05, 3.63) is 104 Å². The van der Waals surface area contributed by atoms with Crippen molar-refractivity contribution in [2.45, 2.75) is 37.1 Å². The number of hydrogen-bond acceptors (Lipinski definition) is 5. The number of carbonyl (C=O) groups is 1. The number of anilines is 1. The molecule has 7 nitrogen and oxygen atoms in total. The highest BCUT2D eigenvalue weighted by atomic mass is 35.5. The van der Waals surface area contributed by atoms with Gasteiger partial charge in [-0.3, -0.25) is 20.2 Å². The number of ether oxygens (including phenoxy) is 1. The molecule has 0 bridgehead atoms. The molecular weight excluding hydrogens is 461 g/mol. The van der Waals surface area contributed by atoms with Crippen molar-refractivity contribution in [2.24, 2.45) is 0 Å². The lowest BCUT2D eigenvalue weighted by atomic mass is 9.78. The first-order chi connectivity index (χ1) is 16.3. The van der Waals surface area contributed by atoms with E-state index < -0.39 is 23.4 Å². The highest BCUT2D eigenvalue weighted by Gasteiger charge is 2.67. The van der Waals surface area contributed by atoms with Gasteiger partial charge in [0.05, 0.1) is 10.9 Å². The molecule has 0 aliphatic carbocycles. The van der Waals surface area contributed by atoms with Crippen molar-refractivity contribution in [1.82, 2.24) is 5.32 Å². The molecule has 0 aromatic heterocycles. The van der Waals surface area contributed by atoms with E-state index in [1.807, 2.05) is 6.92 Å². The van der Waals surface area contributed by atoms with Gasteiger partial charge in [-0.05, 0) is 48.4 Å².